The summed E-state index contributed by atoms with van der Waals surface area (Å²) in [5.74, 6) is 0.528. The Hall–Kier alpha value is -3.23. The highest BCUT2D eigenvalue weighted by molar-refractivity contribution is 7.50. The molecule has 0 amide bonds. The Balaban J connectivity index is 0.000000488. The third-order valence-corrected chi connectivity index (χ3v) is 5.02. The highest BCUT2D eigenvalue weighted by atomic mass is 31.2. The molecule has 1 heterocycles. The van der Waals surface area contributed by atoms with Gasteiger partial charge in [-0.25, -0.2) is 0 Å². The lowest BCUT2D eigenvalue weighted by Gasteiger charge is -2.18. The molecule has 0 aromatic heterocycles. The predicted molar refractivity (Wildman–Crippen MR) is 110 cm³/mol. The molecule has 0 spiro atoms. The maximum Gasteiger partial charge on any atom is 0.649 e. The van der Waals surface area contributed by atoms with E-state index in [1.54, 1.807) is 24.3 Å². The van der Waals surface area contributed by atoms with Crippen molar-refractivity contribution in [2.24, 2.45) is 5.73 Å². The largest absolute Gasteiger partial charge is 0.649 e. The van der Waals surface area contributed by atoms with Crippen LogP contribution < -0.4 is 24.3 Å². The highest BCUT2D eigenvalue weighted by Gasteiger charge is 2.35. The maximum atomic E-state index is 12.8. The van der Waals surface area contributed by atoms with Crippen molar-refractivity contribution in [1.82, 2.24) is 0 Å². The van der Waals surface area contributed by atoms with Crippen molar-refractivity contribution < 1.29 is 41.9 Å². The zero-order chi connectivity index (χ0) is 22.7. The van der Waals surface area contributed by atoms with Crippen molar-refractivity contribution in [1.29, 1.82) is 0 Å². The van der Waals surface area contributed by atoms with E-state index in [1.165, 1.54) is 38.5 Å². The van der Waals surface area contributed by atoms with Crippen LogP contribution in [0.4, 0.5) is 0 Å². The lowest BCUT2D eigenvalue weighted by atomic mass is 10.3. The van der Waals surface area contributed by atoms with Gasteiger partial charge in [0.2, 0.25) is 0 Å². The molecule has 168 valence electrons. The molecule has 0 atom stereocenters. The second-order valence-electron chi connectivity index (χ2n) is 5.97. The second kappa shape index (κ2) is 11.8. The summed E-state index contributed by atoms with van der Waals surface area (Å²) < 4.78 is 42.8. The average molecular weight is 453 g/mol. The van der Waals surface area contributed by atoms with E-state index in [0.29, 0.717) is 24.5 Å². The lowest BCUT2D eigenvalue weighted by Crippen LogP contribution is -2.18. The van der Waals surface area contributed by atoms with Gasteiger partial charge >= 0.3 is 19.8 Å². The molecule has 1 saturated heterocycles. The van der Waals surface area contributed by atoms with Crippen LogP contribution >= 0.6 is 7.82 Å². The summed E-state index contributed by atoms with van der Waals surface area (Å²) in [6.07, 6.45) is 1.54. The molecule has 2 aromatic carbocycles. The topological polar surface area (TPSA) is 133 Å². The fraction of sp³-hybridized carbons (Fsp3) is 0.300. The molecule has 31 heavy (non-hydrogen) atoms. The Morgan fingerprint density at radius 2 is 1.39 bits per heavy atom. The number of esters is 1. The van der Waals surface area contributed by atoms with Crippen molar-refractivity contribution in [3.8, 4) is 23.0 Å². The van der Waals surface area contributed by atoms with Crippen LogP contribution in [0.25, 0.3) is 0 Å². The molecule has 1 aliphatic rings. The summed E-state index contributed by atoms with van der Waals surface area (Å²) >= 11 is 0. The number of hydrogen-bond donors (Lipinski definition) is 1. The van der Waals surface area contributed by atoms with Gasteiger partial charge < -0.3 is 33.5 Å². The summed E-state index contributed by atoms with van der Waals surface area (Å²) in [4.78, 5) is 21.5. The number of ether oxygens (including phenoxy) is 3. The molecule has 0 saturated carbocycles. The quantitative estimate of drug-likeness (QED) is 0.469. The number of benzene rings is 2. The number of cyclic esters (lactones) is 1. The number of phosphoric acid groups is 1. The molecule has 10 nitrogen and oxygen atoms in total. The molecule has 3 rings (SSSR count). The van der Waals surface area contributed by atoms with Gasteiger partial charge in [-0.3, -0.25) is 9.59 Å². The van der Waals surface area contributed by atoms with Gasteiger partial charge in [-0.1, -0.05) is 0 Å². The number of nitrogens with two attached hydrogens (primary N) is 1. The molecule has 11 heteroatoms. The minimum Gasteiger partial charge on any atom is -0.497 e. The molecule has 2 N–H and O–H groups in total. The van der Waals surface area contributed by atoms with Gasteiger partial charge in [0.15, 0.2) is 0 Å². The molecule has 0 unspecified atom stereocenters. The molecule has 1 aliphatic heterocycles. The molecule has 2 aromatic rings. The van der Waals surface area contributed by atoms with Gasteiger partial charge in [0, 0.05) is 6.42 Å². The standard InChI is InChI=1S/C16H18NO7P.C4H6O2/c1-20-12-3-7-14(8-4-12)22-25(19,24-16(18)11-17)23-15-9-5-13(21-2)6-10-15;5-4-2-1-3-6-4/h3-10H,11,17H2,1-2H3;1-3H2. The fourth-order valence-corrected chi connectivity index (χ4v) is 3.42. The van der Waals surface area contributed by atoms with Gasteiger partial charge in [0.1, 0.15) is 23.0 Å². The van der Waals surface area contributed by atoms with E-state index >= 15 is 0 Å². The van der Waals surface area contributed by atoms with Crippen LogP contribution in [-0.4, -0.2) is 39.3 Å². The third kappa shape index (κ3) is 8.19. The number of rotatable bonds is 8. The second-order valence-corrected chi connectivity index (χ2v) is 7.41. The molecular formula is C20H24NO9P. The number of carbonyl (C=O) groups excluding carboxylic acids is 2. The van der Waals surface area contributed by atoms with E-state index in [1.807, 2.05) is 0 Å². The summed E-state index contributed by atoms with van der Waals surface area (Å²) in [7, 11) is -1.27. The first-order chi connectivity index (χ1) is 14.9. The number of carbonyl (C=O) groups is 2. The Labute approximate surface area is 179 Å². The van der Waals surface area contributed by atoms with Gasteiger partial charge in [0.05, 0.1) is 27.4 Å². The van der Waals surface area contributed by atoms with Crippen molar-refractivity contribution in [2.75, 3.05) is 27.4 Å². The number of phosphoric ester groups is 1. The van der Waals surface area contributed by atoms with Gasteiger partial charge in [-0.15, -0.1) is 0 Å². The average Bonchev–Trinajstić information content (AvgIpc) is 3.26. The summed E-state index contributed by atoms with van der Waals surface area (Å²) in [6.45, 7) is 0.167. The van der Waals surface area contributed by atoms with Gasteiger partial charge in [-0.05, 0) is 55.0 Å². The molecular weight excluding hydrogens is 429 g/mol. The number of hydrogen-bond acceptors (Lipinski definition) is 10. The Bertz CT molecular complexity index is 838. The lowest BCUT2D eigenvalue weighted by molar-refractivity contribution is -0.138. The smallest absolute Gasteiger partial charge is 0.497 e. The first-order valence-electron chi connectivity index (χ1n) is 9.23. The highest BCUT2D eigenvalue weighted by Crippen LogP contribution is 2.50. The Kier molecular flexibility index (Phi) is 9.17. The molecule has 0 bridgehead atoms. The normalized spacial score (nSPS) is 12.7. The molecule has 1 fully saturated rings. The Morgan fingerprint density at radius 3 is 1.68 bits per heavy atom. The summed E-state index contributed by atoms with van der Waals surface area (Å²) in [6, 6.07) is 12.4. The van der Waals surface area contributed by atoms with Crippen molar-refractivity contribution in [2.45, 2.75) is 12.8 Å². The molecule has 0 radical (unpaired) electrons. The molecule has 0 aliphatic carbocycles. The minimum atomic E-state index is -4.29. The minimum absolute atomic E-state index is 0.0463. The van der Waals surface area contributed by atoms with E-state index in [2.05, 4.69) is 4.74 Å². The van der Waals surface area contributed by atoms with Crippen LogP contribution in [0.1, 0.15) is 12.8 Å². The monoisotopic (exact) mass is 453 g/mol. The fourth-order valence-electron chi connectivity index (χ4n) is 2.22. The summed E-state index contributed by atoms with van der Waals surface area (Å²) in [5, 5.41) is 0. The van der Waals surface area contributed by atoms with E-state index in [9.17, 15) is 14.2 Å². The maximum absolute atomic E-state index is 12.8. The zero-order valence-electron chi connectivity index (χ0n) is 17.1. The van der Waals surface area contributed by atoms with Crippen LogP contribution in [-0.2, 0) is 23.4 Å². The van der Waals surface area contributed by atoms with Crippen LogP contribution in [0.15, 0.2) is 48.5 Å². The van der Waals surface area contributed by atoms with Crippen LogP contribution in [0.2, 0.25) is 0 Å². The third-order valence-electron chi connectivity index (χ3n) is 3.72. The van der Waals surface area contributed by atoms with Crippen molar-refractivity contribution in [3.05, 3.63) is 48.5 Å². The van der Waals surface area contributed by atoms with E-state index < -0.39 is 20.3 Å². The zero-order valence-corrected chi connectivity index (χ0v) is 18.0. The number of methoxy groups -OCH3 is 2. The first-order valence-corrected chi connectivity index (χ1v) is 10.7. The van der Waals surface area contributed by atoms with Crippen molar-refractivity contribution in [3.63, 3.8) is 0 Å². The van der Waals surface area contributed by atoms with Crippen molar-refractivity contribution >= 4 is 19.8 Å². The summed E-state index contributed by atoms with van der Waals surface area (Å²) in [5.41, 5.74) is 5.20. The SMILES string of the molecule is COc1ccc(OP(=O)(OC(=O)CN)Oc2ccc(OC)cc2)cc1.O=C1CCCO1. The first kappa shape index (κ1) is 24.0. The van der Waals surface area contributed by atoms with E-state index in [0.717, 1.165) is 6.42 Å². The van der Waals surface area contributed by atoms with Gasteiger partial charge in [0.25, 0.3) is 0 Å². The predicted octanol–water partition coefficient (Wildman–Crippen LogP) is 3.10. The van der Waals surface area contributed by atoms with Gasteiger partial charge in [-0.2, -0.15) is 4.57 Å². The Morgan fingerprint density at radius 1 is 0.935 bits per heavy atom. The van der Waals surface area contributed by atoms with E-state index in [-0.39, 0.29) is 17.5 Å². The van der Waals surface area contributed by atoms with Crippen LogP contribution in [0, 0.1) is 0 Å². The van der Waals surface area contributed by atoms with E-state index in [4.69, 9.17) is 28.8 Å². The van der Waals surface area contributed by atoms with Crippen LogP contribution in [0.3, 0.4) is 0 Å². The van der Waals surface area contributed by atoms with Crippen LogP contribution in [0.5, 0.6) is 23.0 Å².